The number of fused-ring (bicyclic) bond motifs is 1. The molecule has 134 valence electrons. The molecule has 2 heterocycles. The summed E-state index contributed by atoms with van der Waals surface area (Å²) in [5, 5.41) is 2.87. The molecule has 0 saturated carbocycles. The first-order chi connectivity index (χ1) is 12.2. The number of para-hydroxylation sites is 2. The van der Waals surface area contributed by atoms with Gasteiger partial charge in [0, 0.05) is 26.1 Å². The lowest BCUT2D eigenvalue weighted by Crippen LogP contribution is -2.34. The summed E-state index contributed by atoms with van der Waals surface area (Å²) in [6.45, 7) is 2.32. The van der Waals surface area contributed by atoms with Crippen molar-refractivity contribution in [3.05, 3.63) is 30.1 Å². The molecule has 0 spiro atoms. The molecule has 0 atom stereocenters. The van der Waals surface area contributed by atoms with Crippen molar-refractivity contribution in [1.82, 2.24) is 19.8 Å². The van der Waals surface area contributed by atoms with Crippen LogP contribution in [0.15, 0.2) is 24.3 Å². The second-order valence-electron chi connectivity index (χ2n) is 6.22. The average Bonchev–Trinajstić information content (AvgIpc) is 3.24. The number of thioether (sulfide) groups is 1. The zero-order chi connectivity index (χ0) is 17.6. The molecule has 1 aromatic heterocycles. The number of benzene rings is 1. The van der Waals surface area contributed by atoms with Gasteiger partial charge in [0.25, 0.3) is 0 Å². The molecule has 1 aliphatic heterocycles. The van der Waals surface area contributed by atoms with E-state index in [9.17, 15) is 9.59 Å². The van der Waals surface area contributed by atoms with Crippen LogP contribution in [0.25, 0.3) is 11.0 Å². The summed E-state index contributed by atoms with van der Waals surface area (Å²) < 4.78 is 1.96. The highest BCUT2D eigenvalue weighted by Gasteiger charge is 2.18. The molecule has 0 unspecified atom stereocenters. The van der Waals surface area contributed by atoms with Crippen molar-refractivity contribution in [2.24, 2.45) is 0 Å². The Kier molecular flexibility index (Phi) is 5.96. The Balaban J connectivity index is 1.58. The largest absolute Gasteiger partial charge is 0.354 e. The standard InChI is InChI=1S/C18H24N4O2S/c1-25-13-16-20-14-6-2-3-7-15(14)22(16)12-17(23)19-9-8-18(24)21-10-4-5-11-21/h2-3,6-7H,4-5,8-13H2,1H3,(H,19,23). The zero-order valence-electron chi connectivity index (χ0n) is 14.5. The molecule has 3 rings (SSSR count). The van der Waals surface area contributed by atoms with Crippen molar-refractivity contribution < 1.29 is 9.59 Å². The van der Waals surface area contributed by atoms with Crippen molar-refractivity contribution in [3.63, 3.8) is 0 Å². The number of rotatable bonds is 7. The molecule has 0 aliphatic carbocycles. The molecule has 1 aromatic carbocycles. The van der Waals surface area contributed by atoms with Crippen LogP contribution in [0.1, 0.15) is 25.1 Å². The smallest absolute Gasteiger partial charge is 0.240 e. The molecule has 1 fully saturated rings. The van der Waals surface area contributed by atoms with Gasteiger partial charge in [-0.2, -0.15) is 11.8 Å². The highest BCUT2D eigenvalue weighted by molar-refractivity contribution is 7.97. The number of carbonyl (C=O) groups excluding carboxylic acids is 2. The number of nitrogens with one attached hydrogen (secondary N) is 1. The topological polar surface area (TPSA) is 67.2 Å². The fourth-order valence-corrected chi connectivity index (χ4v) is 3.65. The minimum Gasteiger partial charge on any atom is -0.354 e. The monoisotopic (exact) mass is 360 g/mol. The van der Waals surface area contributed by atoms with Crippen LogP contribution in [0.4, 0.5) is 0 Å². The number of aromatic nitrogens is 2. The van der Waals surface area contributed by atoms with Gasteiger partial charge in [-0.25, -0.2) is 4.98 Å². The maximum absolute atomic E-state index is 12.3. The van der Waals surface area contributed by atoms with E-state index in [4.69, 9.17) is 0 Å². The molecular weight excluding hydrogens is 336 g/mol. The van der Waals surface area contributed by atoms with E-state index in [1.54, 1.807) is 11.8 Å². The summed E-state index contributed by atoms with van der Waals surface area (Å²) in [6, 6.07) is 7.85. The van der Waals surface area contributed by atoms with Crippen LogP contribution in [0, 0.1) is 0 Å². The number of likely N-dealkylation sites (tertiary alicyclic amines) is 1. The molecule has 0 radical (unpaired) electrons. The SMILES string of the molecule is CSCc1nc2ccccc2n1CC(=O)NCCC(=O)N1CCCC1. The summed E-state index contributed by atoms with van der Waals surface area (Å²) in [7, 11) is 0. The molecule has 25 heavy (non-hydrogen) atoms. The Morgan fingerprint density at radius 2 is 2.00 bits per heavy atom. The minimum absolute atomic E-state index is 0.0836. The van der Waals surface area contributed by atoms with Crippen LogP contribution >= 0.6 is 11.8 Å². The van der Waals surface area contributed by atoms with Crippen LogP contribution in [-0.4, -0.2) is 52.2 Å². The van der Waals surface area contributed by atoms with Gasteiger partial charge in [0.15, 0.2) is 0 Å². The summed E-state index contributed by atoms with van der Waals surface area (Å²) in [6.07, 6.45) is 4.57. The van der Waals surface area contributed by atoms with E-state index in [0.717, 1.165) is 48.5 Å². The van der Waals surface area contributed by atoms with Gasteiger partial charge in [-0.3, -0.25) is 9.59 Å². The van der Waals surface area contributed by atoms with Crippen molar-refractivity contribution >= 4 is 34.6 Å². The lowest BCUT2D eigenvalue weighted by atomic mass is 10.3. The first-order valence-corrected chi connectivity index (χ1v) is 10.1. The summed E-state index contributed by atoms with van der Waals surface area (Å²) >= 11 is 1.68. The molecule has 1 saturated heterocycles. The first-order valence-electron chi connectivity index (χ1n) is 8.66. The van der Waals surface area contributed by atoms with E-state index in [1.165, 1.54) is 0 Å². The summed E-state index contributed by atoms with van der Waals surface area (Å²) in [4.78, 5) is 30.8. The van der Waals surface area contributed by atoms with Crippen LogP contribution in [0.2, 0.25) is 0 Å². The van der Waals surface area contributed by atoms with Gasteiger partial charge in [0.2, 0.25) is 11.8 Å². The van der Waals surface area contributed by atoms with Gasteiger partial charge < -0.3 is 14.8 Å². The Labute approximate surface area is 152 Å². The Morgan fingerprint density at radius 3 is 2.76 bits per heavy atom. The number of nitrogens with zero attached hydrogens (tertiary/aromatic N) is 3. The second-order valence-corrected chi connectivity index (χ2v) is 7.09. The fraction of sp³-hybridized carbons (Fsp3) is 0.500. The van der Waals surface area contributed by atoms with E-state index >= 15 is 0 Å². The third-order valence-corrected chi connectivity index (χ3v) is 4.98. The molecule has 2 amide bonds. The van der Waals surface area contributed by atoms with Crippen molar-refractivity contribution in [1.29, 1.82) is 0 Å². The second kappa shape index (κ2) is 8.38. The van der Waals surface area contributed by atoms with Gasteiger partial charge in [-0.05, 0) is 31.2 Å². The van der Waals surface area contributed by atoms with Crippen molar-refractivity contribution in [2.75, 3.05) is 25.9 Å². The maximum atomic E-state index is 12.3. The summed E-state index contributed by atoms with van der Waals surface area (Å²) in [5.41, 5.74) is 1.87. The molecule has 0 bridgehead atoms. The van der Waals surface area contributed by atoms with Crippen LogP contribution in [0.5, 0.6) is 0 Å². The number of imidazole rings is 1. The van der Waals surface area contributed by atoms with Crippen LogP contribution in [-0.2, 0) is 21.9 Å². The molecule has 1 aliphatic rings. The first kappa shape index (κ1) is 17.8. The predicted octanol–water partition coefficient (Wildman–Crippen LogP) is 2.03. The Bertz CT molecular complexity index is 753. The fourth-order valence-electron chi connectivity index (χ4n) is 3.17. The number of carbonyl (C=O) groups is 2. The molecule has 7 heteroatoms. The number of hydrogen-bond acceptors (Lipinski definition) is 4. The highest BCUT2D eigenvalue weighted by atomic mass is 32.2. The number of hydrogen-bond donors (Lipinski definition) is 1. The van der Waals surface area contributed by atoms with Gasteiger partial charge >= 0.3 is 0 Å². The average molecular weight is 360 g/mol. The van der Waals surface area contributed by atoms with Crippen LogP contribution < -0.4 is 5.32 Å². The van der Waals surface area contributed by atoms with Crippen molar-refractivity contribution in [2.45, 2.75) is 31.6 Å². The van der Waals surface area contributed by atoms with Crippen LogP contribution in [0.3, 0.4) is 0 Å². The quantitative estimate of drug-likeness (QED) is 0.820. The highest BCUT2D eigenvalue weighted by Crippen LogP contribution is 2.18. The molecular formula is C18H24N4O2S. The van der Waals surface area contributed by atoms with Gasteiger partial charge in [0.1, 0.15) is 12.4 Å². The normalized spacial score (nSPS) is 14.2. The van der Waals surface area contributed by atoms with E-state index in [-0.39, 0.29) is 18.4 Å². The lowest BCUT2D eigenvalue weighted by Gasteiger charge is -2.15. The molecule has 6 nitrogen and oxygen atoms in total. The Hall–Kier alpha value is -2.02. The summed E-state index contributed by atoms with van der Waals surface area (Å²) in [5.74, 6) is 1.71. The van der Waals surface area contributed by atoms with E-state index in [1.807, 2.05) is 40.0 Å². The molecule has 2 aromatic rings. The minimum atomic E-state index is -0.0836. The zero-order valence-corrected chi connectivity index (χ0v) is 15.3. The Morgan fingerprint density at radius 1 is 1.24 bits per heavy atom. The van der Waals surface area contributed by atoms with Gasteiger partial charge in [-0.15, -0.1) is 0 Å². The maximum Gasteiger partial charge on any atom is 0.240 e. The number of amides is 2. The van der Waals surface area contributed by atoms with Gasteiger partial charge in [-0.1, -0.05) is 12.1 Å². The van der Waals surface area contributed by atoms with Crippen molar-refractivity contribution in [3.8, 4) is 0 Å². The third kappa shape index (κ3) is 4.34. The van der Waals surface area contributed by atoms with E-state index in [2.05, 4.69) is 10.3 Å². The molecule has 1 N–H and O–H groups in total. The predicted molar refractivity (Wildman–Crippen MR) is 100 cm³/mol. The van der Waals surface area contributed by atoms with E-state index < -0.39 is 0 Å². The third-order valence-electron chi connectivity index (χ3n) is 4.43. The van der Waals surface area contributed by atoms with Gasteiger partial charge in [0.05, 0.1) is 16.8 Å². The lowest BCUT2D eigenvalue weighted by molar-refractivity contribution is -0.130. The van der Waals surface area contributed by atoms with E-state index in [0.29, 0.717) is 13.0 Å².